The third-order valence-corrected chi connectivity index (χ3v) is 3.52. The Morgan fingerprint density at radius 2 is 2.22 bits per heavy atom. The number of nitrogens with zero attached hydrogens (tertiary/aromatic N) is 2. The fraction of sp³-hybridized carbons (Fsp3) is 0.833. The standard InChI is InChI=1S/C12H23N3O3/c1-9(11(16)17)14(3)12(18)15-6-4-5-10(8-15)7-13-2/h9-10,13H,4-8H2,1-3H3,(H,16,17). The zero-order chi connectivity index (χ0) is 13.7. The second-order valence-electron chi connectivity index (χ2n) is 4.92. The summed E-state index contributed by atoms with van der Waals surface area (Å²) >= 11 is 0. The Hall–Kier alpha value is -1.30. The van der Waals surface area contributed by atoms with Crippen LogP contribution in [0, 0.1) is 5.92 Å². The van der Waals surface area contributed by atoms with Crippen LogP contribution in [-0.4, -0.2) is 66.7 Å². The van der Waals surface area contributed by atoms with E-state index in [0.717, 1.165) is 25.9 Å². The summed E-state index contributed by atoms with van der Waals surface area (Å²) < 4.78 is 0. The predicted molar refractivity (Wildman–Crippen MR) is 68.5 cm³/mol. The normalized spacial score (nSPS) is 21.5. The second kappa shape index (κ2) is 6.58. The van der Waals surface area contributed by atoms with Gasteiger partial charge in [-0.05, 0) is 39.3 Å². The summed E-state index contributed by atoms with van der Waals surface area (Å²) in [7, 11) is 3.45. The van der Waals surface area contributed by atoms with Crippen molar-refractivity contribution in [3.05, 3.63) is 0 Å². The first-order valence-electron chi connectivity index (χ1n) is 6.36. The van der Waals surface area contributed by atoms with Gasteiger partial charge in [0.15, 0.2) is 0 Å². The van der Waals surface area contributed by atoms with E-state index >= 15 is 0 Å². The van der Waals surface area contributed by atoms with Crippen LogP contribution in [0.1, 0.15) is 19.8 Å². The van der Waals surface area contributed by atoms with Crippen molar-refractivity contribution < 1.29 is 14.7 Å². The van der Waals surface area contributed by atoms with E-state index in [0.29, 0.717) is 12.5 Å². The second-order valence-corrected chi connectivity index (χ2v) is 4.92. The van der Waals surface area contributed by atoms with E-state index in [1.54, 1.807) is 11.9 Å². The number of likely N-dealkylation sites (tertiary alicyclic amines) is 1. The van der Waals surface area contributed by atoms with Gasteiger partial charge in [0.2, 0.25) is 0 Å². The number of rotatable bonds is 4. The number of aliphatic carboxylic acids is 1. The molecule has 6 nitrogen and oxygen atoms in total. The fourth-order valence-electron chi connectivity index (χ4n) is 2.25. The van der Waals surface area contributed by atoms with E-state index in [1.807, 2.05) is 7.05 Å². The quantitative estimate of drug-likeness (QED) is 0.766. The van der Waals surface area contributed by atoms with Crippen LogP contribution in [0.4, 0.5) is 4.79 Å². The first-order chi connectivity index (χ1) is 8.47. The predicted octanol–water partition coefficient (Wildman–Crippen LogP) is 0.443. The monoisotopic (exact) mass is 257 g/mol. The molecule has 6 heteroatoms. The molecule has 0 aromatic rings. The SMILES string of the molecule is CNCC1CCCN(C(=O)N(C)C(C)C(=O)O)C1. The molecule has 1 aliphatic heterocycles. The lowest BCUT2D eigenvalue weighted by atomic mass is 9.98. The van der Waals surface area contributed by atoms with Gasteiger partial charge in [-0.3, -0.25) is 0 Å². The molecule has 0 aromatic heterocycles. The number of piperidine rings is 1. The topological polar surface area (TPSA) is 72.9 Å². The zero-order valence-corrected chi connectivity index (χ0v) is 11.3. The highest BCUT2D eigenvalue weighted by Gasteiger charge is 2.29. The number of hydrogen-bond acceptors (Lipinski definition) is 3. The molecule has 0 saturated carbocycles. The Morgan fingerprint density at radius 1 is 1.56 bits per heavy atom. The van der Waals surface area contributed by atoms with Crippen molar-refractivity contribution >= 4 is 12.0 Å². The summed E-state index contributed by atoms with van der Waals surface area (Å²) in [5.41, 5.74) is 0. The molecule has 1 rings (SSSR count). The van der Waals surface area contributed by atoms with Gasteiger partial charge in [-0.25, -0.2) is 9.59 Å². The van der Waals surface area contributed by atoms with Crippen molar-refractivity contribution in [2.75, 3.05) is 33.7 Å². The molecule has 1 saturated heterocycles. The highest BCUT2D eigenvalue weighted by Crippen LogP contribution is 2.17. The molecule has 2 N–H and O–H groups in total. The zero-order valence-electron chi connectivity index (χ0n) is 11.3. The molecule has 1 aliphatic rings. The van der Waals surface area contributed by atoms with Crippen LogP contribution in [0.5, 0.6) is 0 Å². The fourth-order valence-corrected chi connectivity index (χ4v) is 2.25. The Bertz CT molecular complexity index is 307. The maximum absolute atomic E-state index is 12.2. The summed E-state index contributed by atoms with van der Waals surface area (Å²) in [5, 5.41) is 12.0. The molecule has 2 unspecified atom stereocenters. The maximum atomic E-state index is 12.2. The molecular formula is C12H23N3O3. The smallest absolute Gasteiger partial charge is 0.326 e. The van der Waals surface area contributed by atoms with E-state index in [9.17, 15) is 9.59 Å². The number of likely N-dealkylation sites (N-methyl/N-ethyl adjacent to an activating group) is 1. The van der Waals surface area contributed by atoms with E-state index in [-0.39, 0.29) is 6.03 Å². The van der Waals surface area contributed by atoms with Gasteiger partial charge < -0.3 is 20.2 Å². The molecule has 1 fully saturated rings. The van der Waals surface area contributed by atoms with Crippen LogP contribution >= 0.6 is 0 Å². The first kappa shape index (κ1) is 14.8. The molecule has 0 bridgehead atoms. The number of carboxylic acids is 1. The molecule has 0 aromatic carbocycles. The highest BCUT2D eigenvalue weighted by atomic mass is 16.4. The average molecular weight is 257 g/mol. The molecule has 104 valence electrons. The largest absolute Gasteiger partial charge is 0.480 e. The Morgan fingerprint density at radius 3 is 2.78 bits per heavy atom. The van der Waals surface area contributed by atoms with Crippen LogP contribution in [0.3, 0.4) is 0 Å². The van der Waals surface area contributed by atoms with Gasteiger partial charge in [0.05, 0.1) is 0 Å². The molecule has 1 heterocycles. The van der Waals surface area contributed by atoms with Crippen molar-refractivity contribution in [2.45, 2.75) is 25.8 Å². The molecule has 0 radical (unpaired) electrons. The number of hydrogen-bond donors (Lipinski definition) is 2. The molecule has 2 atom stereocenters. The number of nitrogens with one attached hydrogen (secondary N) is 1. The third-order valence-electron chi connectivity index (χ3n) is 3.52. The van der Waals surface area contributed by atoms with E-state index in [2.05, 4.69) is 5.32 Å². The van der Waals surface area contributed by atoms with Crippen LogP contribution in [0.25, 0.3) is 0 Å². The minimum Gasteiger partial charge on any atom is -0.480 e. The van der Waals surface area contributed by atoms with Gasteiger partial charge in [-0.1, -0.05) is 0 Å². The highest BCUT2D eigenvalue weighted by molar-refractivity contribution is 5.82. The number of carbonyl (C=O) groups is 2. The lowest BCUT2D eigenvalue weighted by Gasteiger charge is -2.36. The van der Waals surface area contributed by atoms with Crippen molar-refractivity contribution in [1.82, 2.24) is 15.1 Å². The van der Waals surface area contributed by atoms with Gasteiger partial charge in [0.25, 0.3) is 0 Å². The minimum atomic E-state index is -0.977. The third kappa shape index (κ3) is 3.60. The summed E-state index contributed by atoms with van der Waals surface area (Å²) in [5.74, 6) is -0.518. The number of carboxylic acid groups (broad SMARTS) is 1. The first-order valence-corrected chi connectivity index (χ1v) is 6.36. The molecule has 0 aliphatic carbocycles. The molecular weight excluding hydrogens is 234 g/mol. The number of carbonyl (C=O) groups excluding carboxylic acids is 1. The van der Waals surface area contributed by atoms with Crippen LogP contribution in [0.2, 0.25) is 0 Å². The number of urea groups is 1. The minimum absolute atomic E-state index is 0.189. The van der Waals surface area contributed by atoms with E-state index < -0.39 is 12.0 Å². The Balaban J connectivity index is 2.57. The number of amides is 2. The molecule has 2 amide bonds. The summed E-state index contributed by atoms with van der Waals surface area (Å²) in [6.45, 7) is 3.84. The van der Waals surface area contributed by atoms with Gasteiger partial charge in [-0.15, -0.1) is 0 Å². The lowest BCUT2D eigenvalue weighted by molar-refractivity contribution is -0.141. The molecule has 0 spiro atoms. The average Bonchev–Trinajstić information content (AvgIpc) is 2.36. The lowest BCUT2D eigenvalue weighted by Crippen LogP contribution is -2.51. The summed E-state index contributed by atoms with van der Waals surface area (Å²) in [4.78, 5) is 26.1. The summed E-state index contributed by atoms with van der Waals surface area (Å²) in [6.07, 6.45) is 2.09. The van der Waals surface area contributed by atoms with Crippen molar-refractivity contribution in [3.63, 3.8) is 0 Å². The van der Waals surface area contributed by atoms with Crippen LogP contribution < -0.4 is 5.32 Å². The Kier molecular flexibility index (Phi) is 5.40. The van der Waals surface area contributed by atoms with Crippen LogP contribution in [0.15, 0.2) is 0 Å². The van der Waals surface area contributed by atoms with Gasteiger partial charge in [0, 0.05) is 20.1 Å². The van der Waals surface area contributed by atoms with Crippen molar-refractivity contribution in [1.29, 1.82) is 0 Å². The summed E-state index contributed by atoms with van der Waals surface area (Å²) in [6, 6.07) is -0.979. The van der Waals surface area contributed by atoms with Crippen molar-refractivity contribution in [2.24, 2.45) is 5.92 Å². The van der Waals surface area contributed by atoms with Gasteiger partial charge >= 0.3 is 12.0 Å². The van der Waals surface area contributed by atoms with Gasteiger partial charge in [0.1, 0.15) is 6.04 Å². The molecule has 18 heavy (non-hydrogen) atoms. The van der Waals surface area contributed by atoms with E-state index in [4.69, 9.17) is 5.11 Å². The van der Waals surface area contributed by atoms with E-state index in [1.165, 1.54) is 11.8 Å². The maximum Gasteiger partial charge on any atom is 0.326 e. The van der Waals surface area contributed by atoms with Crippen LogP contribution in [-0.2, 0) is 4.79 Å². The van der Waals surface area contributed by atoms with Crippen molar-refractivity contribution in [3.8, 4) is 0 Å². The Labute approximate surface area is 108 Å². The van der Waals surface area contributed by atoms with Gasteiger partial charge in [-0.2, -0.15) is 0 Å².